The van der Waals surface area contributed by atoms with Crippen molar-refractivity contribution in [1.29, 1.82) is 5.26 Å². The Morgan fingerprint density at radius 2 is 2.00 bits per heavy atom. The number of rotatable bonds is 2. The first-order valence-electron chi connectivity index (χ1n) is 5.91. The molecule has 90 valence electrons. The Hall–Kier alpha value is -1.60. The Morgan fingerprint density at radius 3 is 2.53 bits per heavy atom. The summed E-state index contributed by atoms with van der Waals surface area (Å²) in [5, 5.41) is 8.68. The summed E-state index contributed by atoms with van der Waals surface area (Å²) in [6.07, 6.45) is 0. The highest BCUT2D eigenvalue weighted by atomic mass is 19.1. The summed E-state index contributed by atoms with van der Waals surface area (Å²) in [6, 6.07) is 6.67. The molecular weight excluding hydrogens is 217 g/mol. The fraction of sp³-hybridized carbons (Fsp3) is 0.462. The number of benzene rings is 1. The predicted octanol–water partition coefficient (Wildman–Crippen LogP) is 1.84. The third kappa shape index (κ3) is 2.56. The van der Waals surface area contributed by atoms with Crippen LogP contribution in [0.25, 0.3) is 0 Å². The number of nitriles is 1. The zero-order valence-electron chi connectivity index (χ0n) is 9.99. The van der Waals surface area contributed by atoms with Gasteiger partial charge in [0.2, 0.25) is 0 Å². The minimum absolute atomic E-state index is 0.112. The standard InChI is InChI=1S/C13H16FN3/c1-2-16-5-7-17(8-6-16)12-4-3-11(10-15)13(14)9-12/h3-4,9H,2,5-8H2,1H3. The van der Waals surface area contributed by atoms with Crippen LogP contribution in [-0.4, -0.2) is 37.6 Å². The molecule has 0 aliphatic carbocycles. The number of hydrogen-bond acceptors (Lipinski definition) is 3. The second kappa shape index (κ2) is 5.15. The molecule has 1 aliphatic rings. The monoisotopic (exact) mass is 233 g/mol. The van der Waals surface area contributed by atoms with Gasteiger partial charge in [0.05, 0.1) is 5.56 Å². The predicted molar refractivity (Wildman–Crippen MR) is 65.4 cm³/mol. The molecule has 0 amide bonds. The van der Waals surface area contributed by atoms with Crippen molar-refractivity contribution in [3.63, 3.8) is 0 Å². The average Bonchev–Trinajstić information content (AvgIpc) is 2.39. The summed E-state index contributed by atoms with van der Waals surface area (Å²) in [6.45, 7) is 7.07. The molecule has 3 nitrogen and oxygen atoms in total. The zero-order chi connectivity index (χ0) is 12.3. The van der Waals surface area contributed by atoms with E-state index in [4.69, 9.17) is 5.26 Å². The molecule has 0 atom stereocenters. The van der Waals surface area contributed by atoms with Crippen molar-refractivity contribution in [2.45, 2.75) is 6.92 Å². The second-order valence-electron chi connectivity index (χ2n) is 4.20. The van der Waals surface area contributed by atoms with Gasteiger partial charge in [-0.1, -0.05) is 6.92 Å². The van der Waals surface area contributed by atoms with Crippen molar-refractivity contribution in [3.8, 4) is 6.07 Å². The van der Waals surface area contributed by atoms with Crippen LogP contribution in [0.15, 0.2) is 18.2 Å². The number of hydrogen-bond donors (Lipinski definition) is 0. The topological polar surface area (TPSA) is 30.3 Å². The highest BCUT2D eigenvalue weighted by molar-refractivity contribution is 5.50. The zero-order valence-corrected chi connectivity index (χ0v) is 9.99. The number of nitrogens with zero attached hydrogens (tertiary/aromatic N) is 3. The smallest absolute Gasteiger partial charge is 0.143 e. The molecule has 1 aromatic carbocycles. The van der Waals surface area contributed by atoms with Crippen molar-refractivity contribution < 1.29 is 4.39 Å². The average molecular weight is 233 g/mol. The molecule has 2 rings (SSSR count). The minimum Gasteiger partial charge on any atom is -0.369 e. The summed E-state index contributed by atoms with van der Waals surface area (Å²) < 4.78 is 13.5. The van der Waals surface area contributed by atoms with Crippen molar-refractivity contribution >= 4 is 5.69 Å². The van der Waals surface area contributed by atoms with E-state index in [0.717, 1.165) is 38.4 Å². The third-order valence-corrected chi connectivity index (χ3v) is 3.26. The van der Waals surface area contributed by atoms with Crippen LogP contribution in [0.5, 0.6) is 0 Å². The van der Waals surface area contributed by atoms with Crippen molar-refractivity contribution in [1.82, 2.24) is 4.90 Å². The van der Waals surface area contributed by atoms with E-state index in [1.165, 1.54) is 6.07 Å². The molecule has 0 saturated carbocycles. The highest BCUT2D eigenvalue weighted by Crippen LogP contribution is 2.19. The van der Waals surface area contributed by atoms with E-state index in [9.17, 15) is 4.39 Å². The third-order valence-electron chi connectivity index (χ3n) is 3.26. The van der Waals surface area contributed by atoms with E-state index in [-0.39, 0.29) is 5.56 Å². The quantitative estimate of drug-likeness (QED) is 0.780. The van der Waals surface area contributed by atoms with Crippen LogP contribution in [0.4, 0.5) is 10.1 Å². The van der Waals surface area contributed by atoms with E-state index in [2.05, 4.69) is 16.7 Å². The summed E-state index contributed by atoms with van der Waals surface area (Å²) in [4.78, 5) is 4.53. The first-order chi connectivity index (χ1) is 8.24. The summed E-state index contributed by atoms with van der Waals surface area (Å²) in [5.74, 6) is -0.428. The Balaban J connectivity index is 2.09. The molecular formula is C13H16FN3. The highest BCUT2D eigenvalue weighted by Gasteiger charge is 2.16. The molecule has 4 heteroatoms. The van der Waals surface area contributed by atoms with Crippen LogP contribution < -0.4 is 4.90 Å². The van der Waals surface area contributed by atoms with Crippen LogP contribution in [0.2, 0.25) is 0 Å². The number of halogens is 1. The summed E-state index contributed by atoms with van der Waals surface area (Å²) in [7, 11) is 0. The molecule has 0 aromatic heterocycles. The molecule has 0 unspecified atom stereocenters. The molecule has 1 fully saturated rings. The van der Waals surface area contributed by atoms with Crippen molar-refractivity contribution in [2.24, 2.45) is 0 Å². The number of likely N-dealkylation sites (N-methyl/N-ethyl adjacent to an activating group) is 1. The largest absolute Gasteiger partial charge is 0.369 e. The fourth-order valence-corrected chi connectivity index (χ4v) is 2.11. The molecule has 1 aliphatic heterocycles. The minimum atomic E-state index is -0.428. The van der Waals surface area contributed by atoms with Gasteiger partial charge in [-0.15, -0.1) is 0 Å². The lowest BCUT2D eigenvalue weighted by atomic mass is 10.2. The summed E-state index contributed by atoms with van der Waals surface area (Å²) >= 11 is 0. The molecule has 0 spiro atoms. The van der Waals surface area contributed by atoms with Crippen LogP contribution in [0.1, 0.15) is 12.5 Å². The molecule has 17 heavy (non-hydrogen) atoms. The van der Waals surface area contributed by atoms with E-state index in [1.54, 1.807) is 6.07 Å². The SMILES string of the molecule is CCN1CCN(c2ccc(C#N)c(F)c2)CC1. The van der Waals surface area contributed by atoms with E-state index >= 15 is 0 Å². The summed E-state index contributed by atoms with van der Waals surface area (Å²) in [5.41, 5.74) is 0.984. The van der Waals surface area contributed by atoms with Crippen LogP contribution in [0, 0.1) is 17.1 Å². The van der Waals surface area contributed by atoms with E-state index < -0.39 is 5.82 Å². The van der Waals surface area contributed by atoms with Gasteiger partial charge >= 0.3 is 0 Å². The molecule has 1 aromatic rings. The number of anilines is 1. The maximum Gasteiger partial charge on any atom is 0.143 e. The van der Waals surface area contributed by atoms with Gasteiger partial charge in [-0.25, -0.2) is 4.39 Å². The Bertz CT molecular complexity index is 431. The van der Waals surface area contributed by atoms with Gasteiger partial charge < -0.3 is 9.80 Å². The lowest BCUT2D eigenvalue weighted by molar-refractivity contribution is 0.271. The number of piperazine rings is 1. The Labute approximate surface area is 101 Å². The molecule has 0 radical (unpaired) electrons. The maximum atomic E-state index is 13.5. The molecule has 0 bridgehead atoms. The van der Waals surface area contributed by atoms with Gasteiger partial charge in [0, 0.05) is 31.9 Å². The van der Waals surface area contributed by atoms with Gasteiger partial charge in [0.25, 0.3) is 0 Å². The maximum absolute atomic E-state index is 13.5. The first-order valence-corrected chi connectivity index (χ1v) is 5.91. The molecule has 1 heterocycles. The second-order valence-corrected chi connectivity index (χ2v) is 4.20. The van der Waals surface area contributed by atoms with Gasteiger partial charge in [0.15, 0.2) is 0 Å². The Kier molecular flexibility index (Phi) is 3.60. The molecule has 1 saturated heterocycles. The normalized spacial score (nSPS) is 16.9. The van der Waals surface area contributed by atoms with Gasteiger partial charge in [-0.05, 0) is 24.7 Å². The molecule has 0 N–H and O–H groups in total. The van der Waals surface area contributed by atoms with Crippen LogP contribution in [0.3, 0.4) is 0 Å². The van der Waals surface area contributed by atoms with E-state index in [1.807, 2.05) is 12.1 Å². The lowest BCUT2D eigenvalue weighted by Crippen LogP contribution is -2.46. The lowest BCUT2D eigenvalue weighted by Gasteiger charge is -2.35. The first kappa shape index (κ1) is 11.9. The van der Waals surface area contributed by atoms with Crippen molar-refractivity contribution in [3.05, 3.63) is 29.6 Å². The van der Waals surface area contributed by atoms with Gasteiger partial charge in [-0.3, -0.25) is 0 Å². The van der Waals surface area contributed by atoms with Gasteiger partial charge in [0.1, 0.15) is 11.9 Å². The van der Waals surface area contributed by atoms with Crippen LogP contribution in [-0.2, 0) is 0 Å². The fourth-order valence-electron chi connectivity index (χ4n) is 2.11. The van der Waals surface area contributed by atoms with E-state index in [0.29, 0.717) is 0 Å². The van der Waals surface area contributed by atoms with Gasteiger partial charge in [-0.2, -0.15) is 5.26 Å². The van der Waals surface area contributed by atoms with Crippen molar-refractivity contribution in [2.75, 3.05) is 37.6 Å². The Morgan fingerprint density at radius 1 is 1.29 bits per heavy atom. The van der Waals surface area contributed by atoms with Crippen LogP contribution >= 0.6 is 0 Å².